The Morgan fingerprint density at radius 3 is 2.77 bits per heavy atom. The lowest BCUT2D eigenvalue weighted by Crippen LogP contribution is -2.50. The van der Waals surface area contributed by atoms with Gasteiger partial charge in [-0.05, 0) is 35.4 Å². The molecule has 1 aliphatic heterocycles. The lowest BCUT2D eigenvalue weighted by atomic mass is 10.1. The highest BCUT2D eigenvalue weighted by Gasteiger charge is 2.25. The molecule has 0 aromatic carbocycles. The van der Waals surface area contributed by atoms with Crippen molar-refractivity contribution < 1.29 is 4.79 Å². The van der Waals surface area contributed by atoms with Crippen molar-refractivity contribution in [2.75, 3.05) is 31.5 Å². The van der Waals surface area contributed by atoms with Gasteiger partial charge in [-0.3, -0.25) is 10.2 Å². The number of anilines is 1. The number of aromatic nitrogens is 2. The molecule has 6 nitrogen and oxygen atoms in total. The van der Waals surface area contributed by atoms with Crippen LogP contribution in [0.2, 0.25) is 0 Å². The van der Waals surface area contributed by atoms with E-state index in [-0.39, 0.29) is 6.03 Å². The van der Waals surface area contributed by atoms with Gasteiger partial charge in [0.15, 0.2) is 0 Å². The highest BCUT2D eigenvalue weighted by Crippen LogP contribution is 2.23. The molecule has 2 aromatic heterocycles. The SMILES string of the molecule is CC(c1ccsc1)N1CCN(C(=O)Nc2ccncn2)CC1. The van der Waals surface area contributed by atoms with Gasteiger partial charge in [0.05, 0.1) is 0 Å². The van der Waals surface area contributed by atoms with Crippen LogP contribution in [0.5, 0.6) is 0 Å². The van der Waals surface area contributed by atoms with Gasteiger partial charge < -0.3 is 4.90 Å². The summed E-state index contributed by atoms with van der Waals surface area (Å²) in [7, 11) is 0. The van der Waals surface area contributed by atoms with Crippen molar-refractivity contribution in [3.8, 4) is 0 Å². The highest BCUT2D eigenvalue weighted by molar-refractivity contribution is 7.07. The molecule has 2 aromatic rings. The molecule has 0 aliphatic carbocycles. The van der Waals surface area contributed by atoms with Crippen LogP contribution in [0.25, 0.3) is 0 Å². The summed E-state index contributed by atoms with van der Waals surface area (Å²) in [5.74, 6) is 0.536. The first-order valence-electron chi connectivity index (χ1n) is 7.32. The van der Waals surface area contributed by atoms with Gasteiger partial charge in [0.1, 0.15) is 12.1 Å². The Morgan fingerprint density at radius 2 is 2.14 bits per heavy atom. The molecule has 0 saturated carbocycles. The van der Waals surface area contributed by atoms with Crippen molar-refractivity contribution >= 4 is 23.2 Å². The van der Waals surface area contributed by atoms with E-state index < -0.39 is 0 Å². The standard InChI is InChI=1S/C15H19N5OS/c1-12(13-3-9-22-10-13)19-5-7-20(8-6-19)15(21)18-14-2-4-16-11-17-14/h2-4,9-12H,5-8H2,1H3,(H,16,17,18,21). The van der Waals surface area contributed by atoms with Gasteiger partial charge in [-0.2, -0.15) is 11.3 Å². The van der Waals surface area contributed by atoms with Gasteiger partial charge >= 0.3 is 6.03 Å². The second-order valence-electron chi connectivity index (χ2n) is 5.28. The first-order valence-corrected chi connectivity index (χ1v) is 8.26. The van der Waals surface area contributed by atoms with E-state index in [1.54, 1.807) is 23.6 Å². The van der Waals surface area contributed by atoms with Gasteiger partial charge in [0.25, 0.3) is 0 Å². The third-order valence-corrected chi connectivity index (χ3v) is 4.69. The van der Waals surface area contributed by atoms with Crippen LogP contribution in [0, 0.1) is 0 Å². The summed E-state index contributed by atoms with van der Waals surface area (Å²) in [6, 6.07) is 4.16. The topological polar surface area (TPSA) is 61.4 Å². The van der Waals surface area contributed by atoms with Crippen molar-refractivity contribution in [3.05, 3.63) is 41.0 Å². The summed E-state index contributed by atoms with van der Waals surface area (Å²) >= 11 is 1.73. The molecule has 1 N–H and O–H groups in total. The van der Waals surface area contributed by atoms with Crippen LogP contribution >= 0.6 is 11.3 Å². The van der Waals surface area contributed by atoms with Crippen molar-refractivity contribution in [2.45, 2.75) is 13.0 Å². The predicted molar refractivity (Wildman–Crippen MR) is 86.9 cm³/mol. The van der Waals surface area contributed by atoms with E-state index in [0.717, 1.165) is 26.2 Å². The molecule has 1 saturated heterocycles. The number of urea groups is 1. The molecule has 0 bridgehead atoms. The fraction of sp³-hybridized carbons (Fsp3) is 0.400. The van der Waals surface area contributed by atoms with Crippen LogP contribution < -0.4 is 5.32 Å². The number of thiophene rings is 1. The van der Waals surface area contributed by atoms with Crippen molar-refractivity contribution in [1.29, 1.82) is 0 Å². The van der Waals surface area contributed by atoms with Gasteiger partial charge in [-0.1, -0.05) is 0 Å². The highest BCUT2D eigenvalue weighted by atomic mass is 32.1. The summed E-state index contributed by atoms with van der Waals surface area (Å²) in [6.45, 7) is 5.44. The third kappa shape index (κ3) is 3.42. The molecule has 116 valence electrons. The average Bonchev–Trinajstić information content (AvgIpc) is 3.10. The Morgan fingerprint density at radius 1 is 1.32 bits per heavy atom. The molecule has 1 unspecified atom stereocenters. The summed E-state index contributed by atoms with van der Waals surface area (Å²) in [6.07, 6.45) is 3.04. The summed E-state index contributed by atoms with van der Waals surface area (Å²) < 4.78 is 0. The lowest BCUT2D eigenvalue weighted by Gasteiger charge is -2.37. The minimum atomic E-state index is -0.0958. The largest absolute Gasteiger partial charge is 0.323 e. The Labute approximate surface area is 133 Å². The first-order chi connectivity index (χ1) is 10.7. The monoisotopic (exact) mass is 317 g/mol. The van der Waals surface area contributed by atoms with E-state index in [0.29, 0.717) is 11.9 Å². The number of hydrogen-bond donors (Lipinski definition) is 1. The second kappa shape index (κ2) is 6.85. The van der Waals surface area contributed by atoms with Crippen LogP contribution in [0.1, 0.15) is 18.5 Å². The molecule has 0 spiro atoms. The zero-order valence-corrected chi connectivity index (χ0v) is 13.3. The number of nitrogens with one attached hydrogen (secondary N) is 1. The molecular weight excluding hydrogens is 298 g/mol. The number of rotatable bonds is 3. The van der Waals surface area contributed by atoms with E-state index in [2.05, 4.69) is 43.9 Å². The number of nitrogens with zero attached hydrogens (tertiary/aromatic N) is 4. The molecule has 3 rings (SSSR count). The van der Waals surface area contributed by atoms with Gasteiger partial charge in [-0.25, -0.2) is 14.8 Å². The van der Waals surface area contributed by atoms with E-state index in [1.807, 2.05) is 4.90 Å². The number of piperazine rings is 1. The summed E-state index contributed by atoms with van der Waals surface area (Å²) in [4.78, 5) is 24.3. The minimum absolute atomic E-state index is 0.0958. The number of carbonyl (C=O) groups is 1. The lowest BCUT2D eigenvalue weighted by molar-refractivity contribution is 0.119. The van der Waals surface area contributed by atoms with Crippen molar-refractivity contribution in [1.82, 2.24) is 19.8 Å². The zero-order chi connectivity index (χ0) is 15.4. The smallest absolute Gasteiger partial charge is 0.322 e. The minimum Gasteiger partial charge on any atom is -0.322 e. The Hall–Kier alpha value is -1.99. The fourth-order valence-corrected chi connectivity index (χ4v) is 3.34. The molecular formula is C15H19N5OS. The van der Waals surface area contributed by atoms with Crippen molar-refractivity contribution in [2.24, 2.45) is 0 Å². The number of hydrogen-bond acceptors (Lipinski definition) is 5. The zero-order valence-electron chi connectivity index (χ0n) is 12.5. The van der Waals surface area contributed by atoms with Gasteiger partial charge in [-0.15, -0.1) is 0 Å². The van der Waals surface area contributed by atoms with Gasteiger partial charge in [0, 0.05) is 38.4 Å². The number of carbonyl (C=O) groups excluding carboxylic acids is 1. The molecule has 1 fully saturated rings. The average molecular weight is 317 g/mol. The van der Waals surface area contributed by atoms with Crippen LogP contribution in [0.3, 0.4) is 0 Å². The fourth-order valence-electron chi connectivity index (χ4n) is 2.59. The molecule has 1 aliphatic rings. The molecule has 7 heteroatoms. The van der Waals surface area contributed by atoms with Crippen molar-refractivity contribution in [3.63, 3.8) is 0 Å². The quantitative estimate of drug-likeness (QED) is 0.944. The van der Waals surface area contributed by atoms with Gasteiger partial charge in [0.2, 0.25) is 0 Å². The van der Waals surface area contributed by atoms with Crippen LogP contribution in [0.15, 0.2) is 35.4 Å². The molecule has 1 atom stereocenters. The van der Waals surface area contributed by atoms with E-state index in [4.69, 9.17) is 0 Å². The molecule has 3 heterocycles. The van der Waals surface area contributed by atoms with Crippen LogP contribution in [0.4, 0.5) is 10.6 Å². The molecule has 2 amide bonds. The Kier molecular flexibility index (Phi) is 4.65. The van der Waals surface area contributed by atoms with Crippen LogP contribution in [-0.4, -0.2) is 52.0 Å². The second-order valence-corrected chi connectivity index (χ2v) is 6.06. The predicted octanol–water partition coefficient (Wildman–Crippen LogP) is 2.45. The Bertz CT molecular complexity index is 596. The van der Waals surface area contributed by atoms with Crippen LogP contribution in [-0.2, 0) is 0 Å². The molecule has 22 heavy (non-hydrogen) atoms. The summed E-state index contributed by atoms with van der Waals surface area (Å²) in [5, 5.41) is 7.10. The number of amides is 2. The normalized spacial score (nSPS) is 17.2. The molecule has 0 radical (unpaired) electrons. The maximum atomic E-state index is 12.2. The Balaban J connectivity index is 1.52. The van der Waals surface area contributed by atoms with E-state index in [9.17, 15) is 4.79 Å². The third-order valence-electron chi connectivity index (χ3n) is 3.99. The first kappa shape index (κ1) is 14.9. The summed E-state index contributed by atoms with van der Waals surface area (Å²) in [5.41, 5.74) is 1.35. The maximum absolute atomic E-state index is 12.2. The maximum Gasteiger partial charge on any atom is 0.323 e. The van der Waals surface area contributed by atoms with E-state index in [1.165, 1.54) is 11.9 Å². The van der Waals surface area contributed by atoms with E-state index >= 15 is 0 Å².